The molecule has 0 bridgehead atoms. The van der Waals surface area contributed by atoms with Crippen LogP contribution in [0.4, 0.5) is 9.59 Å². The summed E-state index contributed by atoms with van der Waals surface area (Å²) in [6.07, 6.45) is 3.33. The van der Waals surface area contributed by atoms with Crippen LogP contribution in [0.3, 0.4) is 0 Å². The topological polar surface area (TPSA) is 83.1 Å². The molecular formula is C19H36N4O4. The first-order chi connectivity index (χ1) is 12.8. The average molecular weight is 385 g/mol. The van der Waals surface area contributed by atoms with E-state index >= 15 is 0 Å². The van der Waals surface area contributed by atoms with E-state index in [1.165, 1.54) is 10.0 Å². The zero-order valence-electron chi connectivity index (χ0n) is 17.3. The summed E-state index contributed by atoms with van der Waals surface area (Å²) in [4.78, 5) is 26.1. The number of rotatable bonds is 4. The van der Waals surface area contributed by atoms with E-state index in [4.69, 9.17) is 9.47 Å². The number of amides is 2. The quantitative estimate of drug-likeness (QED) is 0.725. The highest BCUT2D eigenvalue weighted by Gasteiger charge is 2.41. The molecule has 8 heteroatoms. The van der Waals surface area contributed by atoms with E-state index in [0.717, 1.165) is 45.2 Å². The van der Waals surface area contributed by atoms with Crippen LogP contribution in [-0.2, 0) is 9.47 Å². The second-order valence-corrected chi connectivity index (χ2v) is 8.28. The molecule has 2 saturated heterocycles. The van der Waals surface area contributed by atoms with Gasteiger partial charge in [-0.25, -0.2) is 19.6 Å². The van der Waals surface area contributed by atoms with Crippen LogP contribution in [-0.4, -0.2) is 72.7 Å². The smallest absolute Gasteiger partial charge is 0.429 e. The van der Waals surface area contributed by atoms with Crippen molar-refractivity contribution < 1.29 is 19.1 Å². The van der Waals surface area contributed by atoms with Crippen LogP contribution in [0.5, 0.6) is 0 Å². The molecule has 0 radical (unpaired) electrons. The summed E-state index contributed by atoms with van der Waals surface area (Å²) in [7, 11) is 0. The van der Waals surface area contributed by atoms with Crippen LogP contribution in [0.1, 0.15) is 59.8 Å². The van der Waals surface area contributed by atoms with Crippen LogP contribution in [0.25, 0.3) is 0 Å². The Bertz CT molecular complexity index is 483. The molecule has 2 fully saturated rings. The predicted molar refractivity (Wildman–Crippen MR) is 103 cm³/mol. The lowest BCUT2D eigenvalue weighted by Gasteiger charge is -2.45. The molecule has 0 spiro atoms. The van der Waals surface area contributed by atoms with Gasteiger partial charge in [-0.1, -0.05) is 6.92 Å². The zero-order valence-corrected chi connectivity index (χ0v) is 17.3. The average Bonchev–Trinajstić information content (AvgIpc) is 2.64. The van der Waals surface area contributed by atoms with E-state index in [2.05, 4.69) is 10.6 Å². The van der Waals surface area contributed by atoms with Crippen LogP contribution < -0.4 is 10.6 Å². The molecule has 0 aromatic heterocycles. The fourth-order valence-corrected chi connectivity index (χ4v) is 3.47. The number of nitrogens with one attached hydrogen (secondary N) is 2. The standard InChI is InChI=1S/C19H36N4O4/c1-5-12-26-17(24)22(15-8-6-10-20-13-15)23(16-9-7-11-21-14-16)18(25)27-19(2,3)4/h15-16,20-21H,5-14H2,1-4H3. The minimum absolute atomic E-state index is 0.127. The molecule has 0 saturated carbocycles. The molecule has 0 aromatic carbocycles. The van der Waals surface area contributed by atoms with E-state index in [-0.39, 0.29) is 12.1 Å². The summed E-state index contributed by atoms with van der Waals surface area (Å²) < 4.78 is 11.1. The third-order valence-corrected chi connectivity index (χ3v) is 4.66. The number of carbonyl (C=O) groups excluding carboxylic acids is 2. The first kappa shape index (κ1) is 21.8. The Balaban J connectivity index is 2.30. The van der Waals surface area contributed by atoms with Crippen LogP contribution in [0.15, 0.2) is 0 Å². The SMILES string of the molecule is CCCOC(=O)N(C1CCCNC1)N(C(=O)OC(C)(C)C)C1CCCNC1. The van der Waals surface area contributed by atoms with E-state index in [1.807, 2.05) is 27.7 Å². The Morgan fingerprint density at radius 2 is 1.48 bits per heavy atom. The van der Waals surface area contributed by atoms with Crippen molar-refractivity contribution in [2.45, 2.75) is 77.5 Å². The molecule has 27 heavy (non-hydrogen) atoms. The summed E-state index contributed by atoms with van der Waals surface area (Å²) in [5, 5.41) is 9.70. The van der Waals surface area contributed by atoms with Crippen molar-refractivity contribution in [3.05, 3.63) is 0 Å². The largest absolute Gasteiger partial charge is 0.448 e. The first-order valence-corrected chi connectivity index (χ1v) is 10.2. The Hall–Kier alpha value is -1.54. The molecule has 156 valence electrons. The highest BCUT2D eigenvalue weighted by atomic mass is 16.6. The molecular weight excluding hydrogens is 348 g/mol. The van der Waals surface area contributed by atoms with Gasteiger partial charge in [0.2, 0.25) is 0 Å². The summed E-state index contributed by atoms with van der Waals surface area (Å²) in [6, 6.07) is -0.262. The van der Waals surface area contributed by atoms with Crippen molar-refractivity contribution in [2.24, 2.45) is 0 Å². The van der Waals surface area contributed by atoms with Gasteiger partial charge in [0.1, 0.15) is 5.60 Å². The Kier molecular flexibility index (Phi) is 8.16. The van der Waals surface area contributed by atoms with Gasteiger partial charge in [0, 0.05) is 13.1 Å². The van der Waals surface area contributed by atoms with Crippen LogP contribution >= 0.6 is 0 Å². The van der Waals surface area contributed by atoms with Crippen LogP contribution in [0, 0.1) is 0 Å². The van der Waals surface area contributed by atoms with Crippen molar-refractivity contribution in [1.29, 1.82) is 0 Å². The molecule has 0 aromatic rings. The van der Waals surface area contributed by atoms with Gasteiger partial charge in [-0.05, 0) is 66.0 Å². The van der Waals surface area contributed by atoms with Gasteiger partial charge >= 0.3 is 12.2 Å². The lowest BCUT2D eigenvalue weighted by atomic mass is 10.1. The number of hydrazine groups is 1. The summed E-state index contributed by atoms with van der Waals surface area (Å²) in [5.74, 6) is 0. The number of nitrogens with zero attached hydrogens (tertiary/aromatic N) is 2. The Labute approximate surface area is 162 Å². The molecule has 2 unspecified atom stereocenters. The lowest BCUT2D eigenvalue weighted by Crippen LogP contribution is -2.64. The lowest BCUT2D eigenvalue weighted by molar-refractivity contribution is -0.0897. The number of hydrogen-bond acceptors (Lipinski definition) is 6. The van der Waals surface area contributed by atoms with Gasteiger partial charge in [-0.3, -0.25) is 0 Å². The number of piperidine rings is 2. The van der Waals surface area contributed by atoms with E-state index < -0.39 is 17.8 Å². The molecule has 2 aliphatic rings. The summed E-state index contributed by atoms with van der Waals surface area (Å²) in [6.45, 7) is 10.9. The van der Waals surface area contributed by atoms with Gasteiger partial charge in [0.05, 0.1) is 18.7 Å². The molecule has 2 N–H and O–H groups in total. The fourth-order valence-electron chi connectivity index (χ4n) is 3.47. The number of carbonyl (C=O) groups is 2. The Morgan fingerprint density at radius 3 is 1.89 bits per heavy atom. The zero-order chi connectivity index (χ0) is 19.9. The normalized spacial score (nSPS) is 23.4. The monoisotopic (exact) mass is 384 g/mol. The van der Waals surface area contributed by atoms with Gasteiger partial charge < -0.3 is 20.1 Å². The van der Waals surface area contributed by atoms with Gasteiger partial charge in [0.15, 0.2) is 0 Å². The third kappa shape index (κ3) is 6.53. The van der Waals surface area contributed by atoms with E-state index in [9.17, 15) is 9.59 Å². The summed E-state index contributed by atoms with van der Waals surface area (Å²) in [5.41, 5.74) is -0.638. The third-order valence-electron chi connectivity index (χ3n) is 4.66. The minimum Gasteiger partial charge on any atom is -0.448 e. The Morgan fingerprint density at radius 1 is 0.963 bits per heavy atom. The van der Waals surface area contributed by atoms with Gasteiger partial charge in [-0.2, -0.15) is 0 Å². The van der Waals surface area contributed by atoms with Crippen molar-refractivity contribution in [1.82, 2.24) is 20.7 Å². The number of hydrogen-bond donors (Lipinski definition) is 2. The van der Waals surface area contributed by atoms with Crippen LogP contribution in [0.2, 0.25) is 0 Å². The number of ether oxygens (including phenoxy) is 2. The van der Waals surface area contributed by atoms with Crippen molar-refractivity contribution in [3.8, 4) is 0 Å². The van der Waals surface area contributed by atoms with Gasteiger partial charge in [-0.15, -0.1) is 0 Å². The first-order valence-electron chi connectivity index (χ1n) is 10.2. The molecule has 2 heterocycles. The van der Waals surface area contributed by atoms with Crippen molar-refractivity contribution in [2.75, 3.05) is 32.8 Å². The highest BCUT2D eigenvalue weighted by Crippen LogP contribution is 2.23. The maximum Gasteiger partial charge on any atom is 0.429 e. The van der Waals surface area contributed by atoms with Gasteiger partial charge in [0.25, 0.3) is 0 Å². The maximum absolute atomic E-state index is 13.1. The molecule has 8 nitrogen and oxygen atoms in total. The fraction of sp³-hybridized carbons (Fsp3) is 0.895. The second-order valence-electron chi connectivity index (χ2n) is 8.28. The highest BCUT2D eigenvalue weighted by molar-refractivity contribution is 5.75. The molecule has 0 aliphatic carbocycles. The van der Waals surface area contributed by atoms with Crippen molar-refractivity contribution >= 4 is 12.2 Å². The molecule has 2 aliphatic heterocycles. The minimum atomic E-state index is -0.638. The maximum atomic E-state index is 13.1. The van der Waals surface area contributed by atoms with E-state index in [0.29, 0.717) is 19.7 Å². The molecule has 2 atom stereocenters. The molecule has 2 rings (SSSR count). The van der Waals surface area contributed by atoms with E-state index in [1.54, 1.807) is 0 Å². The van der Waals surface area contributed by atoms with Crippen molar-refractivity contribution in [3.63, 3.8) is 0 Å². The second kappa shape index (κ2) is 10.1. The predicted octanol–water partition coefficient (Wildman–Crippen LogP) is 2.49. The summed E-state index contributed by atoms with van der Waals surface area (Å²) >= 11 is 0. The molecule has 2 amide bonds.